The molecule has 3 rings (SSSR count). The smallest absolute Gasteiger partial charge is 0.493 e. The van der Waals surface area contributed by atoms with Gasteiger partial charge in [0.1, 0.15) is 0 Å². The second-order valence-corrected chi connectivity index (χ2v) is 42.3. The Balaban J connectivity index is 0.00000276. The van der Waals surface area contributed by atoms with Gasteiger partial charge in [0, 0.05) is 46.2 Å². The number of benzene rings is 2. The number of aryl methyl sites for hydroxylation is 2. The monoisotopic (exact) mass is 1930 g/mol. The molecule has 0 N–H and O–H groups in total. The maximum Gasteiger partial charge on any atom is 2.00 e. The number of hydrogen-bond acceptors (Lipinski definition) is 0. The van der Waals surface area contributed by atoms with Gasteiger partial charge in [-0.3, -0.25) is 0 Å². The van der Waals surface area contributed by atoms with Crippen LogP contribution in [0.4, 0.5) is 0 Å². The Labute approximate surface area is 851 Å². The first kappa shape index (κ1) is 130. The summed E-state index contributed by atoms with van der Waals surface area (Å²) >= 11 is 0. The van der Waals surface area contributed by atoms with Gasteiger partial charge >= 0.3 is 20.4 Å². The van der Waals surface area contributed by atoms with Crippen molar-refractivity contribution in [3.63, 3.8) is 0 Å². The molecule has 1 aliphatic rings. The van der Waals surface area contributed by atoms with Crippen molar-refractivity contribution < 1.29 is 25.1 Å². The van der Waals surface area contributed by atoms with Gasteiger partial charge in [-0.05, 0) is 106 Å². The zero-order valence-electron chi connectivity index (χ0n) is 91.8. The molecule has 2 aromatic carbocycles. The molecule has 0 unspecified atom stereocenters. The number of nitrogens with zero attached hydrogens (tertiary/aromatic N) is 2. The molecule has 0 radical (unpaired) electrons. The summed E-state index contributed by atoms with van der Waals surface area (Å²) in [5.74, 6) is 14.6. The first-order valence-electron chi connectivity index (χ1n) is 61.1. The number of hydrogen-bond donors (Lipinski definition) is 0. The van der Waals surface area contributed by atoms with E-state index in [9.17, 15) is 5.53 Å². The summed E-state index contributed by atoms with van der Waals surface area (Å²) in [7, 11) is 0. The minimum Gasteiger partial charge on any atom is -0.493 e. The van der Waals surface area contributed by atoms with Crippen molar-refractivity contribution in [1.82, 2.24) is 0 Å². The van der Waals surface area contributed by atoms with E-state index < -0.39 is 0 Å². The van der Waals surface area contributed by atoms with E-state index in [1.807, 2.05) is 0 Å². The van der Waals surface area contributed by atoms with Gasteiger partial charge < -0.3 is 19.4 Å². The predicted octanol–water partition coefficient (Wildman–Crippen LogP) is 46.7. The molecule has 0 spiro atoms. The van der Waals surface area contributed by atoms with Gasteiger partial charge in [-0.15, -0.1) is 0 Å². The molecule has 1 aliphatic heterocycles. The predicted molar refractivity (Wildman–Crippen MR) is 600 cm³/mol. The van der Waals surface area contributed by atoms with E-state index in [1.54, 1.807) is 4.70 Å². The molecule has 0 fully saturated rings. The summed E-state index contributed by atoms with van der Waals surface area (Å²) in [4.78, 5) is 0. The third-order valence-electron chi connectivity index (χ3n) is 29.1. The van der Waals surface area contributed by atoms with Crippen molar-refractivity contribution in [2.45, 2.75) is 697 Å². The van der Waals surface area contributed by atoms with Crippen LogP contribution in [-0.4, -0.2) is 4.70 Å². The zero-order chi connectivity index (χ0) is 95.1. The summed E-state index contributed by atoms with van der Waals surface area (Å²) in [6.45, 7) is 26.3. The summed E-state index contributed by atoms with van der Waals surface area (Å²) in [5.41, 5.74) is 24.8. The Bertz CT molecular complexity index is 2720. The molecule has 2 nitrogen and oxygen atoms in total. The molecule has 133 heavy (non-hydrogen) atoms. The summed E-state index contributed by atoms with van der Waals surface area (Å²) < 4.78 is 1.65. The third-order valence-corrected chi connectivity index (χ3v) is 29.1. The van der Waals surface area contributed by atoms with E-state index in [-0.39, 0.29) is 20.4 Å². The first-order valence-corrected chi connectivity index (χ1v) is 61.1. The number of unbranched alkanes of at least 4 members (excludes halogenated alkanes) is 88. The molecule has 3 heteroatoms. The number of allylic oxidation sites excluding steroid dienone is 2. The van der Waals surface area contributed by atoms with Crippen molar-refractivity contribution in [2.24, 2.45) is 0 Å². The van der Waals surface area contributed by atoms with Gasteiger partial charge in [-0.2, -0.15) is 12.8 Å². The van der Waals surface area contributed by atoms with Crippen molar-refractivity contribution in [3.05, 3.63) is 100 Å². The number of rotatable bonds is 98. The van der Waals surface area contributed by atoms with Gasteiger partial charge in [0.25, 0.3) is 0 Å². The van der Waals surface area contributed by atoms with Crippen molar-refractivity contribution in [1.29, 1.82) is 0 Å². The van der Waals surface area contributed by atoms with Crippen LogP contribution in [0.1, 0.15) is 718 Å². The van der Waals surface area contributed by atoms with Gasteiger partial charge in [0.15, 0.2) is 0 Å². The Kier molecular flexibility index (Phi) is 106. The van der Waals surface area contributed by atoms with Crippen molar-refractivity contribution in [2.75, 3.05) is 0 Å². The molecule has 0 saturated heterocycles. The molecule has 0 atom stereocenters. The van der Waals surface area contributed by atoms with Crippen LogP contribution in [0.5, 0.6) is 0 Å². The van der Waals surface area contributed by atoms with Gasteiger partial charge in [-0.25, -0.2) is 4.70 Å². The third kappa shape index (κ3) is 84.7. The summed E-state index contributed by atoms with van der Waals surface area (Å²) in [6.07, 6.45) is 137. The van der Waals surface area contributed by atoms with Crippen LogP contribution in [0.25, 0.3) is 16.9 Å². The Morgan fingerprint density at radius 3 is 0.564 bits per heavy atom. The van der Waals surface area contributed by atoms with E-state index in [0.29, 0.717) is 0 Å². The SMILES string of the molecule is CCCCCCCCCCCCCCCCCCCCC#Cc1cc(C#CCCCCCCCCCCCCCCCCCCCC)cc(C2=C(CCCCCC)C(CCCCCC)=C(c3cc(CCCC)cc(CCCC)c3)[N+]2=[N-])c1.[CH2-]CCCCCCCCCCCCCCCCCCCCCCCC.[CH2-]CCCCCCCCCCCCCCCCCCCCCCCC.[Pd+2]. The minimum atomic E-state index is 0. The van der Waals surface area contributed by atoms with E-state index in [1.165, 1.54) is 606 Å². The van der Waals surface area contributed by atoms with E-state index >= 15 is 0 Å². The van der Waals surface area contributed by atoms with Crippen LogP contribution in [0.15, 0.2) is 47.5 Å². The molecule has 0 amide bonds. The van der Waals surface area contributed by atoms with Crippen LogP contribution < -0.4 is 0 Å². The fourth-order valence-electron chi connectivity index (χ4n) is 20.2. The molecule has 0 aliphatic carbocycles. The topological polar surface area (TPSA) is 25.3 Å². The molecule has 774 valence electrons. The van der Waals surface area contributed by atoms with Crippen molar-refractivity contribution in [3.8, 4) is 23.7 Å². The van der Waals surface area contributed by atoms with Crippen molar-refractivity contribution >= 4 is 11.4 Å². The van der Waals surface area contributed by atoms with Crippen LogP contribution in [-0.2, 0) is 33.3 Å². The van der Waals surface area contributed by atoms with Crippen LogP contribution >= 0.6 is 0 Å². The minimum absolute atomic E-state index is 0. The van der Waals surface area contributed by atoms with E-state index in [4.69, 9.17) is 0 Å². The fourth-order valence-corrected chi connectivity index (χ4v) is 20.2. The quantitative estimate of drug-likeness (QED) is 0.0207. The van der Waals surface area contributed by atoms with Gasteiger partial charge in [0.2, 0.25) is 11.4 Å². The standard InChI is InChI=1S/C80H132N2.2C25H51.Pd/c1-7-13-19-23-25-27-29-31-33-35-37-39-41-43-45-47-49-51-53-55-61-73-66-74(62-56-54-52-50-48-46-44-42-40-38-36-34-32-30-28-26-24-20-14-8-2)70-76(69-73)80-78(64-58-22-16-10-4)77(63-57-21-15-9-3)79(82(80)81)75-67-71(59-17-11-5)65-72(68-75)60-18-12-6;2*1-3-5-7-9-11-13-15-17-19-21-23-25-24-22-20-18-16-14-12-10-8-6-4-2;/h65-70H,7-54,57-60,63-64H2,1-6H3;2*1,3-25H2,2H3;/q;2*-1;+2. The van der Waals surface area contributed by atoms with Crippen LogP contribution in [0.2, 0.25) is 0 Å². The second kappa shape index (κ2) is 108. The zero-order valence-corrected chi connectivity index (χ0v) is 93.4. The van der Waals surface area contributed by atoms with Gasteiger partial charge in [0.05, 0.1) is 0 Å². The van der Waals surface area contributed by atoms with E-state index in [0.717, 1.165) is 92.3 Å². The Morgan fingerprint density at radius 2 is 0.368 bits per heavy atom. The van der Waals surface area contributed by atoms with Gasteiger partial charge in [-0.1, -0.05) is 637 Å². The van der Waals surface area contributed by atoms with E-state index in [2.05, 4.69) is 129 Å². The summed E-state index contributed by atoms with van der Waals surface area (Å²) in [6, 6.07) is 14.1. The maximum atomic E-state index is 13.0. The molecule has 1 heterocycles. The molecular formula is C130H234N2Pd. The second-order valence-electron chi connectivity index (χ2n) is 42.3. The average Bonchev–Trinajstić information content (AvgIpc) is 1.60. The van der Waals surface area contributed by atoms with Crippen LogP contribution in [0.3, 0.4) is 0 Å². The molecular weight excluding hydrogens is 1700 g/mol. The Morgan fingerprint density at radius 1 is 0.195 bits per heavy atom. The fraction of sp³-hybridized carbons (Fsp3) is 0.831. The average molecular weight is 1930 g/mol. The normalized spacial score (nSPS) is 11.9. The largest absolute Gasteiger partial charge is 2.00 e. The van der Waals surface area contributed by atoms with Crippen LogP contribution in [0, 0.1) is 37.5 Å². The summed E-state index contributed by atoms with van der Waals surface area (Å²) in [5, 5.41) is 0. The molecule has 0 aromatic heterocycles. The Hall–Kier alpha value is -2.70. The maximum absolute atomic E-state index is 13.0. The molecule has 0 saturated carbocycles. The molecule has 2 aromatic rings. The molecule has 0 bridgehead atoms. The first-order chi connectivity index (χ1) is 65.3.